The molecule has 1 aromatic carbocycles. The molecule has 0 fully saturated rings. The number of aromatic nitrogens is 4. The first-order valence-electron chi connectivity index (χ1n) is 11.3. The fraction of sp³-hybridized carbons (Fsp3) is 0.320. The van der Waals surface area contributed by atoms with Crippen molar-refractivity contribution in [3.63, 3.8) is 0 Å². The Morgan fingerprint density at radius 1 is 1.21 bits per heavy atom. The number of aromatic amines is 1. The van der Waals surface area contributed by atoms with Gasteiger partial charge in [-0.05, 0) is 42.3 Å². The fourth-order valence-corrected chi connectivity index (χ4v) is 4.28. The molecule has 167 valence electrons. The number of hydrogen-bond acceptors (Lipinski definition) is 4. The van der Waals surface area contributed by atoms with E-state index < -0.39 is 0 Å². The van der Waals surface area contributed by atoms with E-state index in [2.05, 4.69) is 50.7 Å². The van der Waals surface area contributed by atoms with Crippen LogP contribution in [-0.2, 0) is 7.05 Å². The van der Waals surface area contributed by atoms with E-state index >= 15 is 0 Å². The molecule has 4 aromatic rings. The van der Waals surface area contributed by atoms with Crippen molar-refractivity contribution in [2.24, 2.45) is 7.05 Å². The van der Waals surface area contributed by atoms with Crippen molar-refractivity contribution in [2.45, 2.75) is 32.5 Å². The highest BCUT2D eigenvalue weighted by molar-refractivity contribution is 6.75. The first-order valence-corrected chi connectivity index (χ1v) is 11.3. The minimum Gasteiger partial charge on any atom is -0.355 e. The number of amides is 1. The molecule has 7 nitrogen and oxygen atoms in total. The number of nitrogens with zero attached hydrogens (tertiary/aromatic N) is 4. The summed E-state index contributed by atoms with van der Waals surface area (Å²) in [6.45, 7) is 7.49. The largest absolute Gasteiger partial charge is 0.355 e. The lowest BCUT2D eigenvalue weighted by molar-refractivity contribution is 0.225. The normalized spacial score (nSPS) is 14.5. The van der Waals surface area contributed by atoms with Crippen LogP contribution in [0.1, 0.15) is 32.9 Å². The lowest BCUT2D eigenvalue weighted by Gasteiger charge is -2.29. The Morgan fingerprint density at radius 3 is 2.82 bits per heavy atom. The van der Waals surface area contributed by atoms with Crippen LogP contribution in [0.15, 0.2) is 48.8 Å². The summed E-state index contributed by atoms with van der Waals surface area (Å²) in [6.07, 6.45) is 6.65. The Morgan fingerprint density at radius 2 is 2.06 bits per heavy atom. The summed E-state index contributed by atoms with van der Waals surface area (Å²) in [5.41, 5.74) is 6.22. The van der Waals surface area contributed by atoms with Crippen LogP contribution in [0.2, 0.25) is 5.31 Å². The molecule has 3 aromatic heterocycles. The van der Waals surface area contributed by atoms with Gasteiger partial charge in [0.1, 0.15) is 5.65 Å². The molecular weight excluding hydrogens is 411 g/mol. The molecule has 0 atom stereocenters. The topological polar surface area (TPSA) is 78.8 Å². The van der Waals surface area contributed by atoms with Crippen molar-refractivity contribution in [3.8, 4) is 0 Å². The van der Waals surface area contributed by atoms with Crippen molar-refractivity contribution in [1.82, 2.24) is 24.6 Å². The van der Waals surface area contributed by atoms with Crippen LogP contribution >= 0.6 is 0 Å². The van der Waals surface area contributed by atoms with Gasteiger partial charge < -0.3 is 15.2 Å². The summed E-state index contributed by atoms with van der Waals surface area (Å²) in [5, 5.41) is 9.88. The summed E-state index contributed by atoms with van der Waals surface area (Å²) in [4.78, 5) is 22.4. The second-order valence-corrected chi connectivity index (χ2v) is 9.74. The molecule has 1 radical (unpaired) electrons. The number of fused-ring (bicyclic) bond motifs is 2. The minimum absolute atomic E-state index is 0.105. The zero-order valence-electron chi connectivity index (χ0n) is 19.5. The average Bonchev–Trinajstić information content (AvgIpc) is 3.37. The number of carbonyl (C=O) groups is 1. The third-order valence-electron chi connectivity index (χ3n) is 5.98. The van der Waals surface area contributed by atoms with E-state index in [1.54, 1.807) is 7.28 Å². The van der Waals surface area contributed by atoms with E-state index in [4.69, 9.17) is 0 Å². The summed E-state index contributed by atoms with van der Waals surface area (Å²) >= 11 is 0. The molecule has 1 aliphatic heterocycles. The minimum atomic E-state index is -0.116. The van der Waals surface area contributed by atoms with Gasteiger partial charge in [-0.3, -0.25) is 9.48 Å². The van der Waals surface area contributed by atoms with Crippen molar-refractivity contribution < 1.29 is 4.79 Å². The van der Waals surface area contributed by atoms with E-state index in [1.807, 2.05) is 55.9 Å². The van der Waals surface area contributed by atoms with Gasteiger partial charge in [0.25, 0.3) is 0 Å². The maximum atomic E-state index is 12.5. The highest BCUT2D eigenvalue weighted by Gasteiger charge is 2.25. The van der Waals surface area contributed by atoms with Crippen LogP contribution in [0, 0.1) is 0 Å². The van der Waals surface area contributed by atoms with Crippen molar-refractivity contribution in [2.75, 3.05) is 18.4 Å². The molecule has 1 aliphatic rings. The number of aryl methyl sites for hydroxylation is 1. The Bertz CT molecular complexity index is 1380. The van der Waals surface area contributed by atoms with E-state index in [0.717, 1.165) is 52.0 Å². The first kappa shape index (κ1) is 21.3. The zero-order valence-corrected chi connectivity index (χ0v) is 19.5. The molecule has 0 unspecified atom stereocenters. The van der Waals surface area contributed by atoms with E-state index in [0.29, 0.717) is 6.54 Å². The number of nitrogens with one attached hydrogen (secondary N) is 2. The van der Waals surface area contributed by atoms with Crippen LogP contribution in [0.5, 0.6) is 0 Å². The molecule has 5 rings (SSSR count). The third kappa shape index (κ3) is 4.38. The van der Waals surface area contributed by atoms with Crippen LogP contribution in [0.3, 0.4) is 0 Å². The monoisotopic (exact) mass is 439 g/mol. The van der Waals surface area contributed by atoms with Gasteiger partial charge in [-0.25, -0.2) is 4.98 Å². The molecular formula is C25H28BN6O. The second kappa shape index (κ2) is 8.10. The third-order valence-corrected chi connectivity index (χ3v) is 5.98. The van der Waals surface area contributed by atoms with Crippen LogP contribution < -0.4 is 5.32 Å². The standard InChI is InChI=1S/C25H28BN6O/c1-25(2,3)26-24(33)32-11-8-16(9-12-32)21-14-19-20(7-10-27-23(19)30-21)29-18-5-6-22-17(13-18)15-28-31(22)4/h5-8,10,13-15H,9,11-12H2,1-4H3,(H2,27,29,30). The van der Waals surface area contributed by atoms with Crippen molar-refractivity contribution in [1.29, 1.82) is 0 Å². The Labute approximate surface area is 194 Å². The summed E-state index contributed by atoms with van der Waals surface area (Å²) < 4.78 is 1.87. The van der Waals surface area contributed by atoms with Gasteiger partial charge in [-0.1, -0.05) is 32.2 Å². The molecule has 0 saturated heterocycles. The predicted octanol–water partition coefficient (Wildman–Crippen LogP) is 5.32. The summed E-state index contributed by atoms with van der Waals surface area (Å²) in [5.74, 6) is 0.105. The number of anilines is 2. The highest BCUT2D eigenvalue weighted by atomic mass is 16.2. The van der Waals surface area contributed by atoms with Gasteiger partial charge >= 0.3 is 0 Å². The van der Waals surface area contributed by atoms with Gasteiger partial charge in [0.2, 0.25) is 7.28 Å². The molecule has 2 N–H and O–H groups in total. The van der Waals surface area contributed by atoms with Crippen LogP contribution in [0.25, 0.3) is 27.5 Å². The summed E-state index contributed by atoms with van der Waals surface area (Å²) in [7, 11) is 3.75. The maximum Gasteiger partial charge on any atom is 0.239 e. The van der Waals surface area contributed by atoms with Gasteiger partial charge in [-0.15, -0.1) is 0 Å². The summed E-state index contributed by atoms with van der Waals surface area (Å²) in [6, 6.07) is 10.4. The molecule has 0 spiro atoms. The molecule has 1 amide bonds. The Hall–Kier alpha value is -3.55. The predicted molar refractivity (Wildman–Crippen MR) is 135 cm³/mol. The van der Waals surface area contributed by atoms with Gasteiger partial charge in [0.15, 0.2) is 5.81 Å². The zero-order chi connectivity index (χ0) is 23.2. The molecule has 33 heavy (non-hydrogen) atoms. The molecule has 4 heterocycles. The highest BCUT2D eigenvalue weighted by Crippen LogP contribution is 2.31. The van der Waals surface area contributed by atoms with E-state index in [9.17, 15) is 4.79 Å². The lowest BCUT2D eigenvalue weighted by Crippen LogP contribution is -2.39. The number of hydrogen-bond donors (Lipinski definition) is 2. The van der Waals surface area contributed by atoms with Crippen LogP contribution in [-0.4, -0.2) is 50.8 Å². The fourth-order valence-electron chi connectivity index (χ4n) is 4.28. The molecule has 8 heteroatoms. The van der Waals surface area contributed by atoms with Gasteiger partial charge in [0.05, 0.1) is 17.4 Å². The lowest BCUT2D eigenvalue weighted by atomic mass is 9.54. The van der Waals surface area contributed by atoms with E-state index in [1.165, 1.54) is 5.57 Å². The Balaban J connectivity index is 1.37. The number of pyridine rings is 1. The molecule has 0 aliphatic carbocycles. The quantitative estimate of drug-likeness (QED) is 0.422. The molecule has 0 bridgehead atoms. The van der Waals surface area contributed by atoms with Crippen molar-refractivity contribution >= 4 is 52.0 Å². The van der Waals surface area contributed by atoms with Gasteiger partial charge in [-0.2, -0.15) is 5.10 Å². The SMILES string of the molecule is Cn1ncc2cc(Nc3ccnc4[nH]c(C5=CCN(C(=O)[B]C(C)(C)C)CC5)cc34)ccc21. The smallest absolute Gasteiger partial charge is 0.239 e. The first-order chi connectivity index (χ1) is 15.8. The number of benzene rings is 1. The number of H-pyrrole nitrogens is 1. The van der Waals surface area contributed by atoms with Crippen molar-refractivity contribution in [3.05, 3.63) is 54.5 Å². The Kier molecular flexibility index (Phi) is 5.23. The number of rotatable bonds is 4. The maximum absolute atomic E-state index is 12.5. The second-order valence-electron chi connectivity index (χ2n) is 9.74. The molecule has 0 saturated carbocycles. The van der Waals surface area contributed by atoms with Gasteiger partial charge in [0, 0.05) is 48.5 Å². The number of carbonyl (C=O) groups excluding carboxylic acids is 1. The van der Waals surface area contributed by atoms with E-state index in [-0.39, 0.29) is 11.1 Å². The van der Waals surface area contributed by atoms with Crippen LogP contribution in [0.4, 0.5) is 16.2 Å². The average molecular weight is 439 g/mol.